The van der Waals surface area contributed by atoms with E-state index in [2.05, 4.69) is 10.6 Å². The van der Waals surface area contributed by atoms with E-state index in [0.717, 1.165) is 11.6 Å². The van der Waals surface area contributed by atoms with Gasteiger partial charge in [-0.15, -0.1) is 0 Å². The normalized spacial score (nSPS) is 12.7. The van der Waals surface area contributed by atoms with Gasteiger partial charge in [-0.25, -0.2) is 0 Å². The number of alkyl halides is 3. The molecule has 0 saturated carbocycles. The van der Waals surface area contributed by atoms with Crippen molar-refractivity contribution in [2.75, 3.05) is 11.9 Å². The minimum absolute atomic E-state index is 0.174. The molecule has 0 aliphatic rings. The standard InChI is InChI=1S/C17H15Cl2F3N2O/c1-10(12-7-6-11(18)8-14(12)19)23-9-16(25)24-15-5-3-2-4-13(15)17(20,21)22/h2-8,10,23H,9H2,1H3,(H,24,25)/t10-/m0/s1. The number of anilines is 1. The Bertz CT molecular complexity index is 766. The van der Waals surface area contributed by atoms with E-state index in [9.17, 15) is 18.0 Å². The SMILES string of the molecule is C[C@H](NCC(=O)Nc1ccccc1C(F)(F)F)c1ccc(Cl)cc1Cl. The maximum Gasteiger partial charge on any atom is 0.418 e. The van der Waals surface area contributed by atoms with Gasteiger partial charge in [0.2, 0.25) is 5.91 Å². The van der Waals surface area contributed by atoms with Gasteiger partial charge >= 0.3 is 6.18 Å². The van der Waals surface area contributed by atoms with E-state index in [4.69, 9.17) is 23.2 Å². The molecule has 0 bridgehead atoms. The molecule has 0 aromatic heterocycles. The van der Waals surface area contributed by atoms with E-state index >= 15 is 0 Å². The molecule has 1 atom stereocenters. The lowest BCUT2D eigenvalue weighted by atomic mass is 10.1. The Kier molecular flexibility index (Phi) is 6.32. The topological polar surface area (TPSA) is 41.1 Å². The highest BCUT2D eigenvalue weighted by Crippen LogP contribution is 2.34. The summed E-state index contributed by atoms with van der Waals surface area (Å²) in [5.41, 5.74) is -0.439. The second-order valence-corrected chi connectivity index (χ2v) is 6.20. The summed E-state index contributed by atoms with van der Waals surface area (Å²) in [6.45, 7) is 1.61. The van der Waals surface area contributed by atoms with Crippen LogP contribution < -0.4 is 10.6 Å². The Morgan fingerprint density at radius 3 is 2.48 bits per heavy atom. The van der Waals surface area contributed by atoms with Gasteiger partial charge in [-0.05, 0) is 36.8 Å². The van der Waals surface area contributed by atoms with Crippen LogP contribution in [0.15, 0.2) is 42.5 Å². The van der Waals surface area contributed by atoms with Crippen LogP contribution in [0, 0.1) is 0 Å². The summed E-state index contributed by atoms with van der Waals surface area (Å²) in [6, 6.07) is 9.50. The number of nitrogens with one attached hydrogen (secondary N) is 2. The Morgan fingerprint density at radius 1 is 1.16 bits per heavy atom. The van der Waals surface area contributed by atoms with Crippen molar-refractivity contribution >= 4 is 34.8 Å². The maximum atomic E-state index is 12.9. The molecule has 2 N–H and O–H groups in total. The van der Waals surface area contributed by atoms with Crippen LogP contribution in [-0.2, 0) is 11.0 Å². The van der Waals surface area contributed by atoms with E-state index < -0.39 is 17.6 Å². The number of carbonyl (C=O) groups excluding carboxylic acids is 1. The van der Waals surface area contributed by atoms with Crippen LogP contribution in [0.5, 0.6) is 0 Å². The largest absolute Gasteiger partial charge is 0.418 e. The van der Waals surface area contributed by atoms with Crippen LogP contribution in [0.2, 0.25) is 10.0 Å². The highest BCUT2D eigenvalue weighted by molar-refractivity contribution is 6.35. The molecule has 0 spiro atoms. The lowest BCUT2D eigenvalue weighted by Crippen LogP contribution is -2.30. The van der Waals surface area contributed by atoms with Crippen molar-refractivity contribution in [1.29, 1.82) is 0 Å². The molecule has 0 unspecified atom stereocenters. The number of halogens is 5. The number of para-hydroxylation sites is 1. The van der Waals surface area contributed by atoms with Gasteiger partial charge in [0, 0.05) is 16.1 Å². The molecule has 3 nitrogen and oxygen atoms in total. The minimum Gasteiger partial charge on any atom is -0.324 e. The first kappa shape index (κ1) is 19.6. The zero-order valence-electron chi connectivity index (χ0n) is 13.1. The van der Waals surface area contributed by atoms with E-state index in [0.29, 0.717) is 10.0 Å². The minimum atomic E-state index is -4.54. The third-order valence-corrected chi connectivity index (χ3v) is 4.07. The zero-order valence-corrected chi connectivity index (χ0v) is 14.6. The lowest BCUT2D eigenvalue weighted by molar-refractivity contribution is -0.137. The molecule has 0 radical (unpaired) electrons. The second kappa shape index (κ2) is 8.08. The third-order valence-electron chi connectivity index (χ3n) is 3.50. The number of rotatable bonds is 5. The molecular weight excluding hydrogens is 376 g/mol. The summed E-state index contributed by atoms with van der Waals surface area (Å²) >= 11 is 11.9. The fourth-order valence-electron chi connectivity index (χ4n) is 2.24. The summed E-state index contributed by atoms with van der Waals surface area (Å²) in [5.74, 6) is -0.589. The van der Waals surface area contributed by atoms with E-state index in [1.54, 1.807) is 25.1 Å². The average molecular weight is 391 g/mol. The first-order valence-electron chi connectivity index (χ1n) is 7.33. The summed E-state index contributed by atoms with van der Waals surface area (Å²) in [5, 5.41) is 6.12. The highest BCUT2D eigenvalue weighted by Gasteiger charge is 2.33. The Morgan fingerprint density at radius 2 is 1.84 bits per heavy atom. The van der Waals surface area contributed by atoms with Gasteiger partial charge in [0.25, 0.3) is 0 Å². The van der Waals surface area contributed by atoms with Crippen molar-refractivity contribution in [1.82, 2.24) is 5.32 Å². The quantitative estimate of drug-likeness (QED) is 0.726. The Labute approximate surface area is 153 Å². The summed E-state index contributed by atoms with van der Waals surface area (Å²) in [7, 11) is 0. The van der Waals surface area contributed by atoms with Gasteiger partial charge in [-0.2, -0.15) is 13.2 Å². The maximum absolute atomic E-state index is 12.9. The van der Waals surface area contributed by atoms with Crippen molar-refractivity contribution in [3.05, 3.63) is 63.6 Å². The molecule has 0 aliphatic heterocycles. The highest BCUT2D eigenvalue weighted by atomic mass is 35.5. The molecule has 2 aromatic rings. The fraction of sp³-hybridized carbons (Fsp3) is 0.235. The van der Waals surface area contributed by atoms with Gasteiger partial charge in [0.1, 0.15) is 0 Å². The summed E-state index contributed by atoms with van der Waals surface area (Å²) < 4.78 is 38.8. The number of amides is 1. The van der Waals surface area contributed by atoms with Crippen LogP contribution in [0.4, 0.5) is 18.9 Å². The number of hydrogen-bond acceptors (Lipinski definition) is 2. The monoisotopic (exact) mass is 390 g/mol. The summed E-state index contributed by atoms with van der Waals surface area (Å²) in [6.07, 6.45) is -4.54. The molecule has 0 fully saturated rings. The van der Waals surface area contributed by atoms with Crippen LogP contribution in [0.1, 0.15) is 24.1 Å². The lowest BCUT2D eigenvalue weighted by Gasteiger charge is -2.17. The van der Waals surface area contributed by atoms with Gasteiger partial charge in [0.15, 0.2) is 0 Å². The van der Waals surface area contributed by atoms with Gasteiger partial charge < -0.3 is 10.6 Å². The van der Waals surface area contributed by atoms with Crippen LogP contribution in [0.3, 0.4) is 0 Å². The molecule has 0 saturated heterocycles. The Hall–Kier alpha value is -1.76. The van der Waals surface area contributed by atoms with Crippen molar-refractivity contribution in [2.24, 2.45) is 0 Å². The number of benzene rings is 2. The molecule has 2 rings (SSSR count). The predicted octanol–water partition coefficient (Wildman–Crippen LogP) is 5.30. The van der Waals surface area contributed by atoms with E-state index in [1.165, 1.54) is 18.2 Å². The van der Waals surface area contributed by atoms with Crippen molar-refractivity contribution < 1.29 is 18.0 Å². The summed E-state index contributed by atoms with van der Waals surface area (Å²) in [4.78, 5) is 12.0. The first-order chi connectivity index (χ1) is 11.7. The Balaban J connectivity index is 2.00. The molecule has 8 heteroatoms. The van der Waals surface area contributed by atoms with Gasteiger partial charge in [-0.1, -0.05) is 41.4 Å². The number of hydrogen-bond donors (Lipinski definition) is 2. The average Bonchev–Trinajstić information content (AvgIpc) is 2.52. The van der Waals surface area contributed by atoms with E-state index in [1.807, 2.05) is 0 Å². The van der Waals surface area contributed by atoms with Crippen molar-refractivity contribution in [3.63, 3.8) is 0 Å². The zero-order chi connectivity index (χ0) is 18.6. The fourth-order valence-corrected chi connectivity index (χ4v) is 2.81. The number of carbonyl (C=O) groups is 1. The smallest absolute Gasteiger partial charge is 0.324 e. The predicted molar refractivity (Wildman–Crippen MR) is 93.0 cm³/mol. The first-order valence-corrected chi connectivity index (χ1v) is 8.08. The molecule has 1 amide bonds. The van der Waals surface area contributed by atoms with Crippen LogP contribution in [-0.4, -0.2) is 12.5 Å². The van der Waals surface area contributed by atoms with Crippen molar-refractivity contribution in [3.8, 4) is 0 Å². The van der Waals surface area contributed by atoms with Crippen LogP contribution in [0.25, 0.3) is 0 Å². The van der Waals surface area contributed by atoms with Gasteiger partial charge in [-0.3, -0.25) is 4.79 Å². The second-order valence-electron chi connectivity index (χ2n) is 5.36. The van der Waals surface area contributed by atoms with Crippen molar-refractivity contribution in [2.45, 2.75) is 19.1 Å². The van der Waals surface area contributed by atoms with E-state index in [-0.39, 0.29) is 18.3 Å². The third kappa shape index (κ3) is 5.36. The molecule has 134 valence electrons. The molecule has 25 heavy (non-hydrogen) atoms. The molecule has 0 heterocycles. The van der Waals surface area contributed by atoms with Crippen LogP contribution >= 0.6 is 23.2 Å². The molecular formula is C17H15Cl2F3N2O. The van der Waals surface area contributed by atoms with Gasteiger partial charge in [0.05, 0.1) is 17.8 Å². The molecule has 0 aliphatic carbocycles. The molecule has 2 aromatic carbocycles.